The van der Waals surface area contributed by atoms with Crippen LogP contribution in [-0.2, 0) is 0 Å². The molecule has 1 fully saturated rings. The highest BCUT2D eigenvalue weighted by atomic mass is 19.4. The Hall–Kier alpha value is -1.79. The summed E-state index contributed by atoms with van der Waals surface area (Å²) in [7, 11) is 1.74. The van der Waals surface area contributed by atoms with Crippen LogP contribution in [0.4, 0.5) is 19.0 Å². The van der Waals surface area contributed by atoms with Crippen LogP contribution in [-0.4, -0.2) is 35.3 Å². The van der Waals surface area contributed by atoms with E-state index in [1.807, 2.05) is 0 Å². The van der Waals surface area contributed by atoms with E-state index in [-0.39, 0.29) is 24.6 Å². The highest BCUT2D eigenvalue weighted by Crippen LogP contribution is 2.39. The van der Waals surface area contributed by atoms with Gasteiger partial charge in [-0.2, -0.15) is 13.2 Å². The predicted octanol–water partition coefficient (Wildman–Crippen LogP) is 3.34. The van der Waals surface area contributed by atoms with Crippen molar-refractivity contribution in [3.63, 3.8) is 0 Å². The number of nitrogens with zero attached hydrogens (tertiary/aromatic N) is 2. The summed E-state index contributed by atoms with van der Waals surface area (Å²) in [5, 5.41) is 8.92. The molecule has 0 amide bonds. The first kappa shape index (κ1) is 15.6. The Labute approximate surface area is 120 Å². The number of carboxylic acids is 1. The summed E-state index contributed by atoms with van der Waals surface area (Å²) in [5.41, 5.74) is -0.0664. The Balaban J connectivity index is 2.03. The molecule has 1 saturated carbocycles. The highest BCUT2D eigenvalue weighted by molar-refractivity contribution is 5.85. The maximum absolute atomic E-state index is 12.6. The molecule has 21 heavy (non-hydrogen) atoms. The van der Waals surface area contributed by atoms with E-state index in [1.165, 1.54) is 6.07 Å². The number of carboxylic acid groups (broad SMARTS) is 1. The van der Waals surface area contributed by atoms with Crippen molar-refractivity contribution < 1.29 is 23.1 Å². The third-order valence-corrected chi connectivity index (χ3v) is 4.02. The first-order valence-corrected chi connectivity index (χ1v) is 6.79. The first-order valence-electron chi connectivity index (χ1n) is 6.79. The van der Waals surface area contributed by atoms with E-state index in [2.05, 4.69) is 4.98 Å². The molecule has 1 heterocycles. The molecule has 4 nitrogen and oxygen atoms in total. The van der Waals surface area contributed by atoms with Crippen molar-refractivity contribution in [3.05, 3.63) is 23.9 Å². The van der Waals surface area contributed by atoms with Crippen LogP contribution in [0.25, 0.3) is 0 Å². The quantitative estimate of drug-likeness (QED) is 0.930. The Morgan fingerprint density at radius 1 is 1.29 bits per heavy atom. The van der Waals surface area contributed by atoms with Crippen LogP contribution in [0.1, 0.15) is 36.2 Å². The van der Waals surface area contributed by atoms with Crippen molar-refractivity contribution in [1.29, 1.82) is 0 Å². The number of pyridine rings is 1. The zero-order chi connectivity index (χ0) is 15.6. The summed E-state index contributed by atoms with van der Waals surface area (Å²) in [6.45, 7) is 0. The molecule has 1 aromatic heterocycles. The zero-order valence-corrected chi connectivity index (χ0v) is 11.6. The molecule has 0 aromatic carbocycles. The molecule has 0 spiro atoms. The Bertz CT molecular complexity index is 511. The van der Waals surface area contributed by atoms with Crippen LogP contribution in [0.2, 0.25) is 0 Å². The van der Waals surface area contributed by atoms with Crippen LogP contribution in [0.15, 0.2) is 18.2 Å². The van der Waals surface area contributed by atoms with E-state index in [4.69, 9.17) is 5.11 Å². The fourth-order valence-corrected chi connectivity index (χ4v) is 2.72. The summed E-state index contributed by atoms with van der Waals surface area (Å²) in [6, 6.07) is 4.60. The molecular formula is C14H17F3N2O2. The number of anilines is 1. The lowest BCUT2D eigenvalue weighted by atomic mass is 9.85. The van der Waals surface area contributed by atoms with Gasteiger partial charge in [-0.1, -0.05) is 6.07 Å². The van der Waals surface area contributed by atoms with Crippen molar-refractivity contribution >= 4 is 11.8 Å². The molecule has 116 valence electrons. The number of hydrogen-bond donors (Lipinski definition) is 1. The van der Waals surface area contributed by atoms with Crippen LogP contribution < -0.4 is 4.90 Å². The van der Waals surface area contributed by atoms with Crippen LogP contribution in [0.5, 0.6) is 0 Å². The predicted molar refractivity (Wildman–Crippen MR) is 71.4 cm³/mol. The molecule has 1 aromatic rings. The third-order valence-electron chi connectivity index (χ3n) is 4.02. The first-order chi connectivity index (χ1) is 9.79. The Morgan fingerprint density at radius 3 is 2.43 bits per heavy atom. The maximum atomic E-state index is 12.6. The molecule has 0 saturated heterocycles. The number of carbonyl (C=O) groups is 1. The second kappa shape index (κ2) is 5.91. The van der Waals surface area contributed by atoms with Gasteiger partial charge in [-0.05, 0) is 37.8 Å². The molecular weight excluding hydrogens is 285 g/mol. The molecule has 0 radical (unpaired) electrons. The number of rotatable bonds is 3. The lowest BCUT2D eigenvalue weighted by Gasteiger charge is -2.36. The minimum atomic E-state index is -4.12. The van der Waals surface area contributed by atoms with Gasteiger partial charge in [0.25, 0.3) is 0 Å². The zero-order valence-electron chi connectivity index (χ0n) is 11.6. The number of aromatic carboxylic acids is 1. The van der Waals surface area contributed by atoms with Crippen molar-refractivity contribution in [1.82, 2.24) is 4.98 Å². The van der Waals surface area contributed by atoms with Gasteiger partial charge in [0.15, 0.2) is 5.69 Å². The number of hydrogen-bond acceptors (Lipinski definition) is 3. The number of aromatic nitrogens is 1. The van der Waals surface area contributed by atoms with Crippen LogP contribution in [0.3, 0.4) is 0 Å². The maximum Gasteiger partial charge on any atom is 0.391 e. The van der Waals surface area contributed by atoms with Gasteiger partial charge in [0, 0.05) is 13.1 Å². The number of alkyl halides is 3. The standard InChI is InChI=1S/C14H17F3N2O2/c1-19(12-4-2-3-11(18-12)13(20)21)10-7-5-9(6-8-10)14(15,16)17/h2-4,9-10H,5-8H2,1H3,(H,20,21). The largest absolute Gasteiger partial charge is 0.477 e. The molecule has 0 atom stereocenters. The van der Waals surface area contributed by atoms with Crippen molar-refractivity contribution in [2.24, 2.45) is 5.92 Å². The second-order valence-corrected chi connectivity index (χ2v) is 5.34. The third kappa shape index (κ3) is 3.65. The normalized spacial score (nSPS) is 22.9. The smallest absolute Gasteiger partial charge is 0.391 e. The molecule has 7 heteroatoms. The summed E-state index contributed by atoms with van der Waals surface area (Å²) < 4.78 is 37.9. The van der Waals surface area contributed by atoms with Gasteiger partial charge in [0.1, 0.15) is 5.82 Å². The molecule has 1 N–H and O–H groups in total. The molecule has 2 rings (SSSR count). The van der Waals surface area contributed by atoms with Gasteiger partial charge in [-0.3, -0.25) is 0 Å². The number of halogens is 3. The molecule has 0 unspecified atom stereocenters. The van der Waals surface area contributed by atoms with Gasteiger partial charge in [-0.25, -0.2) is 9.78 Å². The monoisotopic (exact) mass is 302 g/mol. The molecule has 1 aliphatic rings. The summed E-state index contributed by atoms with van der Waals surface area (Å²) in [6.07, 6.45) is -3.04. The van der Waals surface area contributed by atoms with Gasteiger partial charge in [0.2, 0.25) is 0 Å². The average Bonchev–Trinajstić information content (AvgIpc) is 2.46. The fourth-order valence-electron chi connectivity index (χ4n) is 2.72. The highest BCUT2D eigenvalue weighted by Gasteiger charge is 2.42. The van der Waals surface area contributed by atoms with Gasteiger partial charge in [-0.15, -0.1) is 0 Å². The Morgan fingerprint density at radius 2 is 1.90 bits per heavy atom. The second-order valence-electron chi connectivity index (χ2n) is 5.34. The summed E-state index contributed by atoms with van der Waals surface area (Å²) >= 11 is 0. The lowest BCUT2D eigenvalue weighted by Crippen LogP contribution is -2.38. The molecule has 0 bridgehead atoms. The Kier molecular flexibility index (Phi) is 4.39. The summed E-state index contributed by atoms with van der Waals surface area (Å²) in [4.78, 5) is 16.7. The topological polar surface area (TPSA) is 53.4 Å². The lowest BCUT2D eigenvalue weighted by molar-refractivity contribution is -0.182. The minimum Gasteiger partial charge on any atom is -0.477 e. The molecule has 0 aliphatic heterocycles. The van der Waals surface area contributed by atoms with Gasteiger partial charge in [0.05, 0.1) is 5.92 Å². The SMILES string of the molecule is CN(c1cccc(C(=O)O)n1)C1CCC(C(F)(F)F)CC1. The van der Waals surface area contributed by atoms with Crippen LogP contribution >= 0.6 is 0 Å². The van der Waals surface area contributed by atoms with Crippen molar-refractivity contribution in [3.8, 4) is 0 Å². The van der Waals surface area contributed by atoms with E-state index in [1.54, 1.807) is 24.1 Å². The van der Waals surface area contributed by atoms with Crippen LogP contribution in [0, 0.1) is 5.92 Å². The average molecular weight is 302 g/mol. The van der Waals surface area contributed by atoms with E-state index < -0.39 is 18.1 Å². The van der Waals surface area contributed by atoms with Gasteiger partial charge >= 0.3 is 12.1 Å². The van der Waals surface area contributed by atoms with Crippen molar-refractivity contribution in [2.45, 2.75) is 37.9 Å². The van der Waals surface area contributed by atoms with E-state index in [0.717, 1.165) is 0 Å². The van der Waals surface area contributed by atoms with Gasteiger partial charge < -0.3 is 10.0 Å². The fraction of sp³-hybridized carbons (Fsp3) is 0.571. The van der Waals surface area contributed by atoms with E-state index >= 15 is 0 Å². The van der Waals surface area contributed by atoms with E-state index in [0.29, 0.717) is 18.7 Å². The molecule has 1 aliphatic carbocycles. The summed E-state index contributed by atoms with van der Waals surface area (Å²) in [5.74, 6) is -1.86. The van der Waals surface area contributed by atoms with Crippen molar-refractivity contribution in [2.75, 3.05) is 11.9 Å². The minimum absolute atomic E-state index is 0.0415. The van der Waals surface area contributed by atoms with E-state index in [9.17, 15) is 18.0 Å².